The molecule has 14 heavy (non-hydrogen) atoms. The van der Waals surface area contributed by atoms with Crippen molar-refractivity contribution >= 4 is 24.3 Å². The lowest BCUT2D eigenvalue weighted by molar-refractivity contribution is 0.0982. The molecule has 0 spiro atoms. The van der Waals surface area contributed by atoms with Crippen molar-refractivity contribution in [1.29, 1.82) is 0 Å². The topological polar surface area (TPSA) is 60.2 Å². The van der Waals surface area contributed by atoms with Gasteiger partial charge in [0, 0.05) is 17.5 Å². The summed E-state index contributed by atoms with van der Waals surface area (Å²) in [6, 6.07) is 6.31. The van der Waals surface area contributed by atoms with Crippen LogP contribution in [0.2, 0.25) is 0 Å². The Morgan fingerprint density at radius 3 is 2.07 bits per heavy atom. The van der Waals surface area contributed by atoms with Gasteiger partial charge in [-0.25, -0.2) is 0 Å². The van der Waals surface area contributed by atoms with Crippen molar-refractivity contribution in [3.63, 3.8) is 0 Å². The zero-order valence-electron chi connectivity index (χ0n) is 7.56. The monoisotopic (exact) mass is 209 g/mol. The Labute approximate surface area is 87.7 Å². The second-order valence-electron chi connectivity index (χ2n) is 2.84. The average molecular weight is 209 g/mol. The first kappa shape index (κ1) is 10.8. The zero-order chi connectivity index (χ0) is 10.6. The minimum atomic E-state index is -0.488. The van der Waals surface area contributed by atoms with Crippen LogP contribution < -0.4 is 5.73 Å². The maximum Gasteiger partial charge on any atom is 0.248 e. The van der Waals surface area contributed by atoms with E-state index in [0.29, 0.717) is 23.3 Å². The predicted molar refractivity (Wildman–Crippen MR) is 57.8 cm³/mol. The minimum absolute atomic E-state index is 0.0241. The van der Waals surface area contributed by atoms with Gasteiger partial charge < -0.3 is 5.73 Å². The number of rotatable bonds is 4. The van der Waals surface area contributed by atoms with Crippen LogP contribution in [0.3, 0.4) is 0 Å². The summed E-state index contributed by atoms with van der Waals surface area (Å²) >= 11 is 3.97. The van der Waals surface area contributed by atoms with E-state index in [1.807, 2.05) is 0 Å². The molecule has 1 amide bonds. The van der Waals surface area contributed by atoms with Gasteiger partial charge in [0.15, 0.2) is 5.78 Å². The molecule has 0 aliphatic rings. The highest BCUT2D eigenvalue weighted by Crippen LogP contribution is 2.06. The van der Waals surface area contributed by atoms with Gasteiger partial charge in [-0.1, -0.05) is 12.1 Å². The van der Waals surface area contributed by atoms with E-state index in [0.717, 1.165) is 0 Å². The largest absolute Gasteiger partial charge is 0.366 e. The Kier molecular flexibility index (Phi) is 3.71. The van der Waals surface area contributed by atoms with E-state index in [1.54, 1.807) is 24.3 Å². The molecule has 1 rings (SSSR count). The molecule has 0 saturated heterocycles. The van der Waals surface area contributed by atoms with E-state index in [9.17, 15) is 9.59 Å². The fourth-order valence-electron chi connectivity index (χ4n) is 1.07. The van der Waals surface area contributed by atoms with Crippen molar-refractivity contribution in [2.45, 2.75) is 6.42 Å². The van der Waals surface area contributed by atoms with Crippen LogP contribution in [0.4, 0.5) is 0 Å². The molecular formula is C10H11NO2S. The van der Waals surface area contributed by atoms with E-state index in [-0.39, 0.29) is 5.78 Å². The van der Waals surface area contributed by atoms with Crippen molar-refractivity contribution in [3.05, 3.63) is 35.4 Å². The quantitative estimate of drug-likeness (QED) is 0.580. The molecule has 0 radical (unpaired) electrons. The molecule has 1 aromatic rings. The number of thiol groups is 1. The zero-order valence-corrected chi connectivity index (χ0v) is 8.46. The van der Waals surface area contributed by atoms with Crippen LogP contribution in [-0.4, -0.2) is 17.4 Å². The highest BCUT2D eigenvalue weighted by Gasteiger charge is 2.05. The van der Waals surface area contributed by atoms with E-state index >= 15 is 0 Å². The number of Topliss-reactive ketones (excluding diaryl/α,β-unsaturated/α-hetero) is 1. The lowest BCUT2D eigenvalue weighted by Gasteiger charge is -1.99. The molecule has 0 aromatic heterocycles. The number of ketones is 1. The molecule has 2 N–H and O–H groups in total. The predicted octanol–water partition coefficient (Wildman–Crippen LogP) is 1.29. The summed E-state index contributed by atoms with van der Waals surface area (Å²) in [5.41, 5.74) is 6.06. The van der Waals surface area contributed by atoms with Crippen LogP contribution in [0.5, 0.6) is 0 Å². The molecular weight excluding hydrogens is 198 g/mol. The van der Waals surface area contributed by atoms with Crippen LogP contribution in [0, 0.1) is 0 Å². The molecule has 74 valence electrons. The summed E-state index contributed by atoms with van der Waals surface area (Å²) < 4.78 is 0. The first-order valence-electron chi connectivity index (χ1n) is 4.19. The van der Waals surface area contributed by atoms with Crippen molar-refractivity contribution < 1.29 is 9.59 Å². The third-order valence-electron chi connectivity index (χ3n) is 1.83. The lowest BCUT2D eigenvalue weighted by atomic mass is 10.1. The molecule has 1 aromatic carbocycles. The summed E-state index contributed by atoms with van der Waals surface area (Å²) in [6.07, 6.45) is 0.402. The standard InChI is InChI=1S/C10H11NO2S/c11-10(13)8-3-1-7(2-4-8)9(12)5-6-14/h1-4,14H,5-6H2,(H2,11,13). The summed E-state index contributed by atoms with van der Waals surface area (Å²) in [5.74, 6) is 0.0605. The fraction of sp³-hybridized carbons (Fsp3) is 0.200. The smallest absolute Gasteiger partial charge is 0.248 e. The number of nitrogens with two attached hydrogens (primary N) is 1. The van der Waals surface area contributed by atoms with Gasteiger partial charge in [0.1, 0.15) is 0 Å². The van der Waals surface area contributed by atoms with Crippen LogP contribution in [0.1, 0.15) is 27.1 Å². The number of amides is 1. The lowest BCUT2D eigenvalue weighted by Crippen LogP contribution is -2.11. The normalized spacial score (nSPS) is 9.79. The van der Waals surface area contributed by atoms with Gasteiger partial charge in [-0.05, 0) is 17.9 Å². The Hall–Kier alpha value is -1.29. The second kappa shape index (κ2) is 4.81. The van der Waals surface area contributed by atoms with Gasteiger partial charge in [0.05, 0.1) is 0 Å². The molecule has 0 saturated carbocycles. The first-order valence-corrected chi connectivity index (χ1v) is 4.82. The van der Waals surface area contributed by atoms with Gasteiger partial charge in [-0.2, -0.15) is 12.6 Å². The number of hydrogen-bond acceptors (Lipinski definition) is 3. The summed E-state index contributed by atoms with van der Waals surface area (Å²) in [7, 11) is 0. The number of benzene rings is 1. The van der Waals surface area contributed by atoms with Crippen molar-refractivity contribution in [1.82, 2.24) is 0 Å². The summed E-state index contributed by atoms with van der Waals surface area (Å²) in [6.45, 7) is 0. The van der Waals surface area contributed by atoms with Crippen LogP contribution in [0.25, 0.3) is 0 Å². The molecule has 0 unspecified atom stereocenters. The molecule has 3 nitrogen and oxygen atoms in total. The van der Waals surface area contributed by atoms with E-state index < -0.39 is 5.91 Å². The summed E-state index contributed by atoms with van der Waals surface area (Å²) in [5, 5.41) is 0. The first-order chi connectivity index (χ1) is 6.65. The fourth-order valence-corrected chi connectivity index (χ4v) is 1.27. The van der Waals surface area contributed by atoms with Crippen molar-refractivity contribution in [2.75, 3.05) is 5.75 Å². The maximum atomic E-state index is 11.4. The average Bonchev–Trinajstić information content (AvgIpc) is 2.18. The van der Waals surface area contributed by atoms with E-state index in [1.165, 1.54) is 0 Å². The number of hydrogen-bond donors (Lipinski definition) is 2. The van der Waals surface area contributed by atoms with Gasteiger partial charge in [0.25, 0.3) is 0 Å². The van der Waals surface area contributed by atoms with E-state index in [4.69, 9.17) is 5.73 Å². The molecule has 4 heteroatoms. The molecule has 0 aliphatic carbocycles. The molecule has 0 fully saturated rings. The minimum Gasteiger partial charge on any atom is -0.366 e. The third kappa shape index (κ3) is 2.60. The second-order valence-corrected chi connectivity index (χ2v) is 3.29. The van der Waals surface area contributed by atoms with E-state index in [2.05, 4.69) is 12.6 Å². The number of carbonyl (C=O) groups is 2. The Balaban J connectivity index is 2.83. The number of carbonyl (C=O) groups excluding carboxylic acids is 2. The van der Waals surface area contributed by atoms with Gasteiger partial charge in [0.2, 0.25) is 5.91 Å². The van der Waals surface area contributed by atoms with Gasteiger partial charge >= 0.3 is 0 Å². The highest BCUT2D eigenvalue weighted by atomic mass is 32.1. The van der Waals surface area contributed by atoms with Crippen LogP contribution in [-0.2, 0) is 0 Å². The number of primary amides is 1. The van der Waals surface area contributed by atoms with Crippen LogP contribution in [0.15, 0.2) is 24.3 Å². The van der Waals surface area contributed by atoms with Gasteiger partial charge in [-0.3, -0.25) is 9.59 Å². The molecule has 0 aliphatic heterocycles. The van der Waals surface area contributed by atoms with Crippen molar-refractivity contribution in [3.8, 4) is 0 Å². The Morgan fingerprint density at radius 1 is 1.14 bits per heavy atom. The molecule has 0 bridgehead atoms. The Morgan fingerprint density at radius 2 is 1.64 bits per heavy atom. The van der Waals surface area contributed by atoms with Crippen LogP contribution >= 0.6 is 12.6 Å². The molecule has 0 heterocycles. The SMILES string of the molecule is NC(=O)c1ccc(C(=O)CCS)cc1. The van der Waals surface area contributed by atoms with Gasteiger partial charge in [-0.15, -0.1) is 0 Å². The van der Waals surface area contributed by atoms with Crippen molar-refractivity contribution in [2.24, 2.45) is 5.73 Å². The Bertz CT molecular complexity index is 346. The molecule has 0 atom stereocenters. The third-order valence-corrected chi connectivity index (χ3v) is 2.05. The maximum absolute atomic E-state index is 11.4. The summed E-state index contributed by atoms with van der Waals surface area (Å²) in [4.78, 5) is 22.1. The highest BCUT2D eigenvalue weighted by molar-refractivity contribution is 7.80.